The highest BCUT2D eigenvalue weighted by molar-refractivity contribution is 4.40. The molecule has 0 spiro atoms. The summed E-state index contributed by atoms with van der Waals surface area (Å²) in [7, 11) is 0. The molecule has 0 aromatic heterocycles. The smallest absolute Gasteiger partial charge is 0.0697 e. The van der Waals surface area contributed by atoms with Crippen molar-refractivity contribution >= 4 is 0 Å². The van der Waals surface area contributed by atoms with Gasteiger partial charge in [0.2, 0.25) is 0 Å². The molecule has 0 rings (SSSR count). The lowest BCUT2D eigenvalue weighted by Gasteiger charge is -1.95. The molecule has 1 unspecified atom stereocenters. The van der Waals surface area contributed by atoms with E-state index in [4.69, 9.17) is 20.1 Å². The Bertz CT molecular complexity index is 62.1. The second-order valence-electron chi connectivity index (χ2n) is 2.28. The first-order valence-corrected chi connectivity index (χ1v) is 4.16. The quantitative estimate of drug-likeness (QED) is 0.511. The molecule has 4 heteroatoms. The van der Waals surface area contributed by atoms with Gasteiger partial charge in [-0.15, -0.1) is 0 Å². The number of hydrogen-bond donors (Lipinski definition) is 3. The minimum atomic E-state index is -0.352. The van der Waals surface area contributed by atoms with E-state index in [2.05, 4.69) is 0 Å². The first-order chi connectivity index (χ1) is 5.68. The Labute approximate surface area is 73.8 Å². The van der Waals surface area contributed by atoms with Crippen LogP contribution in [0.15, 0.2) is 0 Å². The Morgan fingerprint density at radius 2 is 1.83 bits per heavy atom. The minimum Gasteiger partial charge on any atom is -0.396 e. The largest absolute Gasteiger partial charge is 0.396 e. The average Bonchev–Trinajstić information content (AvgIpc) is 2.02. The molecular formula is C8H20O4. The average molecular weight is 180 g/mol. The van der Waals surface area contributed by atoms with E-state index < -0.39 is 0 Å². The van der Waals surface area contributed by atoms with E-state index in [1.165, 1.54) is 0 Å². The Hall–Kier alpha value is -0.160. The summed E-state index contributed by atoms with van der Waals surface area (Å²) in [6.07, 6.45) is 0.134. The van der Waals surface area contributed by atoms with Crippen LogP contribution >= 0.6 is 0 Å². The summed E-state index contributed by atoms with van der Waals surface area (Å²) >= 11 is 0. The molecule has 0 saturated heterocycles. The van der Waals surface area contributed by atoms with E-state index >= 15 is 0 Å². The highest BCUT2D eigenvalue weighted by Gasteiger charge is 1.88. The fourth-order valence-corrected chi connectivity index (χ4v) is 0.396. The van der Waals surface area contributed by atoms with Gasteiger partial charge in [-0.1, -0.05) is 0 Å². The molecule has 0 amide bonds. The molecule has 0 fully saturated rings. The van der Waals surface area contributed by atoms with E-state index in [9.17, 15) is 0 Å². The van der Waals surface area contributed by atoms with Crippen LogP contribution in [0.1, 0.15) is 20.3 Å². The van der Waals surface area contributed by atoms with E-state index in [1.807, 2.05) is 6.92 Å². The van der Waals surface area contributed by atoms with Crippen molar-refractivity contribution in [3.8, 4) is 0 Å². The number of aliphatic hydroxyl groups is 3. The van der Waals surface area contributed by atoms with Gasteiger partial charge >= 0.3 is 0 Å². The number of aliphatic hydroxyl groups excluding tert-OH is 3. The maximum absolute atomic E-state index is 8.39. The fourth-order valence-electron chi connectivity index (χ4n) is 0.396. The van der Waals surface area contributed by atoms with Gasteiger partial charge in [0.1, 0.15) is 0 Å². The normalized spacial score (nSPS) is 11.8. The van der Waals surface area contributed by atoms with Crippen LogP contribution in [0.25, 0.3) is 0 Å². The lowest BCUT2D eigenvalue weighted by Crippen LogP contribution is -2.00. The van der Waals surface area contributed by atoms with Crippen LogP contribution in [-0.2, 0) is 4.74 Å². The van der Waals surface area contributed by atoms with Gasteiger partial charge in [0.05, 0.1) is 19.3 Å². The minimum absolute atomic E-state index is 0.0810. The lowest BCUT2D eigenvalue weighted by atomic mass is 10.3. The van der Waals surface area contributed by atoms with Crippen LogP contribution in [0.3, 0.4) is 0 Å². The molecule has 0 aromatic rings. The predicted molar refractivity (Wildman–Crippen MR) is 47.0 cm³/mol. The van der Waals surface area contributed by atoms with E-state index in [1.54, 1.807) is 6.92 Å². The highest BCUT2D eigenvalue weighted by Crippen LogP contribution is 1.83. The third-order valence-electron chi connectivity index (χ3n) is 0.987. The van der Waals surface area contributed by atoms with E-state index in [0.717, 1.165) is 0 Å². The number of hydrogen-bond acceptors (Lipinski definition) is 4. The first kappa shape index (κ1) is 14.4. The summed E-state index contributed by atoms with van der Waals surface area (Å²) in [4.78, 5) is 0. The van der Waals surface area contributed by atoms with Crippen molar-refractivity contribution in [1.29, 1.82) is 0 Å². The van der Waals surface area contributed by atoms with Crippen LogP contribution in [-0.4, -0.2) is 47.9 Å². The molecule has 76 valence electrons. The second kappa shape index (κ2) is 13.4. The third kappa shape index (κ3) is 22.5. The zero-order chi connectivity index (χ0) is 9.82. The summed E-state index contributed by atoms with van der Waals surface area (Å²) < 4.78 is 4.73. The van der Waals surface area contributed by atoms with Gasteiger partial charge in [0.15, 0.2) is 0 Å². The lowest BCUT2D eigenvalue weighted by molar-refractivity contribution is 0.102. The number of rotatable bonds is 5. The van der Waals surface area contributed by atoms with Gasteiger partial charge < -0.3 is 20.1 Å². The van der Waals surface area contributed by atoms with Crippen LogP contribution in [0.2, 0.25) is 0 Å². The summed E-state index contributed by atoms with van der Waals surface area (Å²) in [5, 5.41) is 24.5. The molecule has 0 aliphatic carbocycles. The Kier molecular flexibility index (Phi) is 16.1. The van der Waals surface area contributed by atoms with Crippen molar-refractivity contribution in [2.24, 2.45) is 0 Å². The molecule has 4 nitrogen and oxygen atoms in total. The summed E-state index contributed by atoms with van der Waals surface area (Å²) in [6.45, 7) is 4.93. The van der Waals surface area contributed by atoms with Crippen molar-refractivity contribution in [1.82, 2.24) is 0 Å². The molecule has 0 bridgehead atoms. The molecule has 12 heavy (non-hydrogen) atoms. The zero-order valence-corrected chi connectivity index (χ0v) is 7.86. The summed E-state index contributed by atoms with van der Waals surface area (Å²) in [5.74, 6) is 0. The SMILES string of the molecule is CC(O)CCO.CCOCCO. The van der Waals surface area contributed by atoms with Gasteiger partial charge in [0, 0.05) is 13.2 Å². The van der Waals surface area contributed by atoms with Gasteiger partial charge in [-0.2, -0.15) is 0 Å². The second-order valence-corrected chi connectivity index (χ2v) is 2.28. The Balaban J connectivity index is 0. The highest BCUT2D eigenvalue weighted by atomic mass is 16.5. The topological polar surface area (TPSA) is 69.9 Å². The molecule has 0 heterocycles. The molecule has 0 saturated carbocycles. The van der Waals surface area contributed by atoms with Gasteiger partial charge in [-0.3, -0.25) is 0 Å². The van der Waals surface area contributed by atoms with Crippen LogP contribution in [0.4, 0.5) is 0 Å². The standard InChI is InChI=1S/2C4H10O2/c1-4(6)2-3-5;1-2-6-4-3-5/h4-6H,2-3H2,1H3;5H,2-4H2,1H3. The van der Waals surface area contributed by atoms with E-state index in [0.29, 0.717) is 19.6 Å². The van der Waals surface area contributed by atoms with Crippen LogP contribution < -0.4 is 0 Å². The fraction of sp³-hybridized carbons (Fsp3) is 1.00. The number of ether oxygens (including phenoxy) is 1. The van der Waals surface area contributed by atoms with Gasteiger partial charge in [-0.05, 0) is 20.3 Å². The first-order valence-electron chi connectivity index (χ1n) is 4.16. The molecular weight excluding hydrogens is 160 g/mol. The molecule has 3 N–H and O–H groups in total. The molecule has 1 atom stereocenters. The summed E-state index contributed by atoms with van der Waals surface area (Å²) in [6, 6.07) is 0. The van der Waals surface area contributed by atoms with Crippen molar-refractivity contribution in [3.05, 3.63) is 0 Å². The summed E-state index contributed by atoms with van der Waals surface area (Å²) in [5.41, 5.74) is 0. The molecule has 0 radical (unpaired) electrons. The van der Waals surface area contributed by atoms with Crippen molar-refractivity contribution < 1.29 is 20.1 Å². The predicted octanol–water partition coefficient (Wildman–Crippen LogP) is -0.235. The maximum Gasteiger partial charge on any atom is 0.0697 e. The van der Waals surface area contributed by atoms with Gasteiger partial charge in [-0.25, -0.2) is 0 Å². The molecule has 0 aliphatic heterocycles. The van der Waals surface area contributed by atoms with Crippen LogP contribution in [0.5, 0.6) is 0 Å². The van der Waals surface area contributed by atoms with Crippen molar-refractivity contribution in [2.45, 2.75) is 26.4 Å². The van der Waals surface area contributed by atoms with Crippen LogP contribution in [0, 0.1) is 0 Å². The zero-order valence-electron chi connectivity index (χ0n) is 7.86. The molecule has 0 aromatic carbocycles. The molecule has 0 aliphatic rings. The maximum atomic E-state index is 8.39. The third-order valence-corrected chi connectivity index (χ3v) is 0.987. The Morgan fingerprint density at radius 3 is 1.92 bits per heavy atom. The van der Waals surface area contributed by atoms with E-state index in [-0.39, 0.29) is 19.3 Å². The van der Waals surface area contributed by atoms with Crippen molar-refractivity contribution in [3.63, 3.8) is 0 Å². The van der Waals surface area contributed by atoms with Crippen molar-refractivity contribution in [2.75, 3.05) is 26.4 Å². The van der Waals surface area contributed by atoms with Gasteiger partial charge in [0.25, 0.3) is 0 Å². The Morgan fingerprint density at radius 1 is 1.25 bits per heavy atom. The monoisotopic (exact) mass is 180 g/mol.